The van der Waals surface area contributed by atoms with Crippen molar-refractivity contribution < 1.29 is 42.3 Å². The van der Waals surface area contributed by atoms with Gasteiger partial charge in [0, 0.05) is 28.1 Å². The zero-order valence-electron chi connectivity index (χ0n) is 16.4. The van der Waals surface area contributed by atoms with Crippen molar-refractivity contribution in [3.05, 3.63) is 95.9 Å². The second-order valence-electron chi connectivity index (χ2n) is 7.68. The van der Waals surface area contributed by atoms with Gasteiger partial charge >= 0.3 is 0 Å². The molecule has 1 aliphatic carbocycles. The molecule has 0 amide bonds. The third-order valence-electron chi connectivity index (χ3n) is 6.29. The number of halogens is 1. The summed E-state index contributed by atoms with van der Waals surface area (Å²) in [4.78, 5) is 0. The maximum absolute atomic E-state index is 8.49. The number of rotatable bonds is 2. The van der Waals surface area contributed by atoms with Gasteiger partial charge in [0.15, 0.2) is 0 Å². The van der Waals surface area contributed by atoms with Crippen LogP contribution in [0.25, 0.3) is 0 Å². The van der Waals surface area contributed by atoms with Gasteiger partial charge in [-0.25, -0.2) is 23.2 Å². The van der Waals surface area contributed by atoms with Crippen molar-refractivity contribution in [3.63, 3.8) is 0 Å². The lowest BCUT2D eigenvalue weighted by atomic mass is 9.55. The van der Waals surface area contributed by atoms with Crippen LogP contribution in [0.4, 0.5) is 0 Å². The van der Waals surface area contributed by atoms with Gasteiger partial charge in [0.1, 0.15) is 6.04 Å². The molecular weight excluding hydrogens is 426 g/mol. The van der Waals surface area contributed by atoms with Crippen LogP contribution in [0.2, 0.25) is 0 Å². The number of aromatic nitrogens is 3. The Morgan fingerprint density at radius 2 is 1.58 bits per heavy atom. The van der Waals surface area contributed by atoms with Crippen molar-refractivity contribution in [3.8, 4) is 0 Å². The van der Waals surface area contributed by atoms with E-state index >= 15 is 0 Å². The molecule has 2 bridgehead atoms. The van der Waals surface area contributed by atoms with E-state index in [1.54, 1.807) is 12.5 Å². The van der Waals surface area contributed by atoms with Crippen molar-refractivity contribution in [2.24, 2.45) is 7.05 Å². The predicted molar refractivity (Wildman–Crippen MR) is 92.6 cm³/mol. The van der Waals surface area contributed by atoms with Gasteiger partial charge in [-0.1, -0.05) is 24.3 Å². The highest BCUT2D eigenvalue weighted by molar-refractivity contribution is 5.52. The van der Waals surface area contributed by atoms with E-state index in [4.69, 9.17) is 27.5 Å². The fourth-order valence-electron chi connectivity index (χ4n) is 5.25. The highest BCUT2D eigenvalue weighted by Crippen LogP contribution is 2.59. The van der Waals surface area contributed by atoms with Gasteiger partial charge in [-0.3, -0.25) is 0 Å². The minimum absolute atomic E-state index is 0.145. The van der Waals surface area contributed by atoms with Crippen LogP contribution in [0.5, 0.6) is 0 Å². The smallest absolute Gasteiger partial charge is 0.265 e. The molecule has 5 heterocycles. The van der Waals surface area contributed by atoms with Gasteiger partial charge in [-0.2, -0.15) is 0 Å². The molecule has 9 nitrogen and oxygen atoms in total. The Hall–Kier alpha value is -2.95. The lowest BCUT2D eigenvalue weighted by Crippen LogP contribution is -2.68. The van der Waals surface area contributed by atoms with Crippen LogP contribution < -0.4 is 23.2 Å². The Morgan fingerprint density at radius 1 is 1.00 bits per heavy atom. The van der Waals surface area contributed by atoms with E-state index in [0.29, 0.717) is 0 Å². The molecule has 2 aliphatic heterocycles. The molecule has 0 saturated carbocycles. The lowest BCUT2D eigenvalue weighted by molar-refractivity contribution is -2.00. The molecule has 0 spiro atoms. The van der Waals surface area contributed by atoms with Crippen LogP contribution in [-0.4, -0.2) is 9.78 Å². The number of furan rings is 2. The van der Waals surface area contributed by atoms with Crippen LogP contribution >= 0.6 is 0 Å². The molecule has 0 saturated heterocycles. The highest BCUT2D eigenvalue weighted by Gasteiger charge is 2.59. The highest BCUT2D eigenvalue weighted by atomic mass is 35.7. The predicted octanol–water partition coefficient (Wildman–Crippen LogP) is -1.44. The van der Waals surface area contributed by atoms with E-state index < -0.39 is 10.2 Å². The van der Waals surface area contributed by atoms with E-state index in [9.17, 15) is 0 Å². The van der Waals surface area contributed by atoms with Crippen LogP contribution in [0.1, 0.15) is 46.5 Å². The summed E-state index contributed by atoms with van der Waals surface area (Å²) >= 11 is 0. The Kier molecular flexibility index (Phi) is 4.54. The minimum atomic E-state index is -4.94. The summed E-state index contributed by atoms with van der Waals surface area (Å²) < 4.78 is 49.4. The summed E-state index contributed by atoms with van der Waals surface area (Å²) in [6, 6.07) is 13.2. The molecule has 7 rings (SSSR count). The van der Waals surface area contributed by atoms with Gasteiger partial charge in [0.25, 0.3) is 6.33 Å². The standard InChI is InChI=1S/C21H18N3O2.ClHO4/c1-23-20-19-17-5-3-2-4-16(17)18(24(20)13-22-23)10-21(19,14-6-8-25-11-14)15-7-9-26-12-15;2-1(3,4)5/h2-9,11-13,18-19H,10H2,1H3;(H,2,3,4,5)/q+1;/p-1/t18-,19+;/m1./s1. The molecule has 160 valence electrons. The van der Waals surface area contributed by atoms with Crippen LogP contribution in [0.3, 0.4) is 0 Å². The maximum Gasteiger partial charge on any atom is 0.265 e. The summed E-state index contributed by atoms with van der Waals surface area (Å²) in [5.74, 6) is 1.37. The SMILES string of the molecule is Cn1nc[n+]2c1[C@@H]1c3ccccc3[C@H]2CC1(c1ccoc1)c1ccoc1.[O-][Cl+3]([O-])([O-])[O-]. The zero-order chi connectivity index (χ0) is 21.8. The van der Waals surface area contributed by atoms with E-state index in [1.165, 1.54) is 28.1 Å². The Balaban J connectivity index is 0.000000371. The van der Waals surface area contributed by atoms with Gasteiger partial charge in [-0.05, 0) is 23.3 Å². The van der Waals surface area contributed by atoms with Crippen LogP contribution in [0.15, 0.2) is 76.6 Å². The van der Waals surface area contributed by atoms with Crippen LogP contribution in [-0.2, 0) is 12.5 Å². The number of hydrogen-bond acceptors (Lipinski definition) is 7. The molecule has 0 radical (unpaired) electrons. The Labute approximate surface area is 179 Å². The normalized spacial score (nSPS) is 20.5. The van der Waals surface area contributed by atoms with Crippen molar-refractivity contribution in [2.45, 2.75) is 23.8 Å². The van der Waals surface area contributed by atoms with E-state index in [0.717, 1.165) is 6.42 Å². The fourth-order valence-corrected chi connectivity index (χ4v) is 5.25. The zero-order valence-corrected chi connectivity index (χ0v) is 17.1. The molecule has 0 unspecified atom stereocenters. The molecular formula is C21H18ClN3O6. The molecule has 31 heavy (non-hydrogen) atoms. The monoisotopic (exact) mass is 443 g/mol. The fraction of sp³-hybridized carbons (Fsp3) is 0.238. The Morgan fingerprint density at radius 3 is 2.13 bits per heavy atom. The quantitative estimate of drug-likeness (QED) is 0.345. The molecule has 2 atom stereocenters. The first-order valence-corrected chi connectivity index (χ1v) is 10.7. The van der Waals surface area contributed by atoms with Crippen molar-refractivity contribution >= 4 is 0 Å². The number of fused-ring (bicyclic) bond motifs is 1. The van der Waals surface area contributed by atoms with Crippen molar-refractivity contribution in [1.29, 1.82) is 0 Å². The number of nitrogens with zero attached hydrogens (tertiary/aromatic N) is 3. The van der Waals surface area contributed by atoms with E-state index in [1.807, 2.05) is 30.6 Å². The maximum atomic E-state index is 8.49. The van der Waals surface area contributed by atoms with E-state index in [2.05, 4.69) is 46.1 Å². The molecule has 1 aromatic carbocycles. The first-order valence-electron chi connectivity index (χ1n) is 9.49. The van der Waals surface area contributed by atoms with Crippen LogP contribution in [0, 0.1) is 10.2 Å². The van der Waals surface area contributed by atoms with Crippen molar-refractivity contribution in [2.75, 3.05) is 0 Å². The molecule has 10 heteroatoms. The third-order valence-corrected chi connectivity index (χ3v) is 6.29. The first kappa shape index (κ1) is 20.0. The van der Waals surface area contributed by atoms with E-state index in [-0.39, 0.29) is 17.4 Å². The summed E-state index contributed by atoms with van der Waals surface area (Å²) in [6.07, 6.45) is 10.2. The number of benzene rings is 1. The number of hydrogen-bond donors (Lipinski definition) is 0. The second-order valence-corrected chi connectivity index (χ2v) is 8.43. The average molecular weight is 444 g/mol. The first-order chi connectivity index (χ1) is 14.8. The summed E-state index contributed by atoms with van der Waals surface area (Å²) in [7, 11) is -2.91. The van der Waals surface area contributed by atoms with Gasteiger partial charge in [0.05, 0.1) is 38.0 Å². The molecule has 0 N–H and O–H groups in total. The van der Waals surface area contributed by atoms with Crippen molar-refractivity contribution in [1.82, 2.24) is 9.78 Å². The third kappa shape index (κ3) is 3.10. The summed E-state index contributed by atoms with van der Waals surface area (Å²) in [5.41, 5.74) is 4.92. The lowest BCUT2D eigenvalue weighted by Gasteiger charge is -2.49. The van der Waals surface area contributed by atoms with Gasteiger partial charge < -0.3 is 8.83 Å². The molecule has 3 aromatic heterocycles. The largest absolute Gasteiger partial charge is 0.472 e. The van der Waals surface area contributed by atoms with Gasteiger partial charge in [0.2, 0.25) is 5.82 Å². The second kappa shape index (κ2) is 7.04. The minimum Gasteiger partial charge on any atom is -0.472 e. The van der Waals surface area contributed by atoms with Gasteiger partial charge in [-0.15, -0.1) is 14.9 Å². The molecule has 3 aliphatic rings. The average Bonchev–Trinajstić information content (AvgIpc) is 3.49. The topological polar surface area (TPSA) is 140 Å². The number of aryl methyl sites for hydroxylation is 1. The Bertz CT molecular complexity index is 1160. The molecule has 0 fully saturated rings. The molecule has 4 aromatic rings. The summed E-state index contributed by atoms with van der Waals surface area (Å²) in [6.45, 7) is 0. The summed E-state index contributed by atoms with van der Waals surface area (Å²) in [5, 5.41) is 4.58.